The van der Waals surface area contributed by atoms with Crippen LogP contribution < -0.4 is 10.6 Å². The highest BCUT2D eigenvalue weighted by atomic mass is 35.5. The molecular formula is C18H20ClF2N3O3. The molecule has 0 unspecified atom stereocenters. The van der Waals surface area contributed by atoms with Gasteiger partial charge in [0.1, 0.15) is 0 Å². The summed E-state index contributed by atoms with van der Waals surface area (Å²) in [6.07, 6.45) is -0.261. The Bertz CT molecular complexity index is 855. The summed E-state index contributed by atoms with van der Waals surface area (Å²) in [5.74, 6) is -2.86. The fourth-order valence-corrected chi connectivity index (χ4v) is 3.06. The third kappa shape index (κ3) is 4.45. The van der Waals surface area contributed by atoms with E-state index >= 15 is 0 Å². The lowest BCUT2D eigenvalue weighted by molar-refractivity contribution is -0.120. The lowest BCUT2D eigenvalue weighted by Gasteiger charge is -2.20. The fourth-order valence-electron chi connectivity index (χ4n) is 3.06. The first-order valence-electron chi connectivity index (χ1n) is 8.21. The quantitative estimate of drug-likeness (QED) is 0.754. The molecule has 1 aromatic heterocycles. The Kier molecular flexibility index (Phi) is 6.92. The molecule has 0 saturated heterocycles. The van der Waals surface area contributed by atoms with Gasteiger partial charge in [-0.3, -0.25) is 4.79 Å². The largest absolute Gasteiger partial charge is 0.465 e. The van der Waals surface area contributed by atoms with Gasteiger partial charge in [-0.05, 0) is 12.1 Å². The SMILES string of the molecule is COC(=O)c1cc(CNC(=O)Cc2cccc(F)c2F)n2c1CNCC2.Cl. The van der Waals surface area contributed by atoms with Crippen LogP contribution in [0.4, 0.5) is 8.78 Å². The molecular weight excluding hydrogens is 380 g/mol. The minimum atomic E-state index is -1.01. The molecule has 0 radical (unpaired) electrons. The monoisotopic (exact) mass is 399 g/mol. The number of nitrogens with zero attached hydrogens (tertiary/aromatic N) is 1. The van der Waals surface area contributed by atoms with E-state index in [1.807, 2.05) is 4.57 Å². The Balaban J connectivity index is 0.00000261. The van der Waals surface area contributed by atoms with Crippen molar-refractivity contribution in [3.05, 3.63) is 58.4 Å². The molecule has 0 aliphatic carbocycles. The first kappa shape index (κ1) is 20.9. The van der Waals surface area contributed by atoms with E-state index in [2.05, 4.69) is 10.6 Å². The maximum absolute atomic E-state index is 13.7. The Hall–Kier alpha value is -2.45. The third-order valence-electron chi connectivity index (χ3n) is 4.35. The van der Waals surface area contributed by atoms with Gasteiger partial charge in [0.15, 0.2) is 11.6 Å². The summed E-state index contributed by atoms with van der Waals surface area (Å²) in [7, 11) is 1.32. The molecule has 2 N–H and O–H groups in total. The summed E-state index contributed by atoms with van der Waals surface area (Å²) in [6, 6.07) is 5.43. The van der Waals surface area contributed by atoms with Crippen LogP contribution in [0.25, 0.3) is 0 Å². The van der Waals surface area contributed by atoms with Crippen molar-refractivity contribution in [2.45, 2.75) is 26.1 Å². The van der Waals surface area contributed by atoms with E-state index in [-0.39, 0.29) is 30.9 Å². The van der Waals surface area contributed by atoms with Crippen molar-refractivity contribution in [3.8, 4) is 0 Å². The van der Waals surface area contributed by atoms with Crippen LogP contribution in [0.3, 0.4) is 0 Å². The van der Waals surface area contributed by atoms with Crippen molar-refractivity contribution >= 4 is 24.3 Å². The second kappa shape index (κ2) is 8.96. The molecule has 2 heterocycles. The number of halogens is 3. The summed E-state index contributed by atoms with van der Waals surface area (Å²) in [6.45, 7) is 2.13. The third-order valence-corrected chi connectivity index (χ3v) is 4.35. The first-order chi connectivity index (χ1) is 12.5. The molecule has 3 rings (SSSR count). The zero-order chi connectivity index (χ0) is 18.7. The van der Waals surface area contributed by atoms with Gasteiger partial charge in [0.05, 0.1) is 25.6 Å². The first-order valence-corrected chi connectivity index (χ1v) is 8.21. The van der Waals surface area contributed by atoms with Gasteiger partial charge in [-0.25, -0.2) is 13.6 Å². The van der Waals surface area contributed by atoms with E-state index in [1.54, 1.807) is 6.07 Å². The van der Waals surface area contributed by atoms with E-state index < -0.39 is 23.5 Å². The summed E-state index contributed by atoms with van der Waals surface area (Å²) in [5, 5.41) is 5.88. The van der Waals surface area contributed by atoms with E-state index in [1.165, 1.54) is 19.2 Å². The maximum Gasteiger partial charge on any atom is 0.339 e. The highest BCUT2D eigenvalue weighted by Gasteiger charge is 2.23. The van der Waals surface area contributed by atoms with Gasteiger partial charge >= 0.3 is 5.97 Å². The van der Waals surface area contributed by atoms with Gasteiger partial charge in [-0.2, -0.15) is 0 Å². The van der Waals surface area contributed by atoms with Gasteiger partial charge in [-0.1, -0.05) is 12.1 Å². The van der Waals surface area contributed by atoms with Gasteiger partial charge in [0.25, 0.3) is 0 Å². The van der Waals surface area contributed by atoms with Crippen LogP contribution in [0, 0.1) is 11.6 Å². The number of carbonyl (C=O) groups excluding carboxylic acids is 2. The highest BCUT2D eigenvalue weighted by Crippen LogP contribution is 2.20. The zero-order valence-corrected chi connectivity index (χ0v) is 15.5. The molecule has 9 heteroatoms. The molecule has 0 fully saturated rings. The van der Waals surface area contributed by atoms with Crippen molar-refractivity contribution in [2.75, 3.05) is 13.7 Å². The Morgan fingerprint density at radius 2 is 2.11 bits per heavy atom. The van der Waals surface area contributed by atoms with Crippen molar-refractivity contribution < 1.29 is 23.1 Å². The van der Waals surface area contributed by atoms with Crippen molar-refractivity contribution in [1.29, 1.82) is 0 Å². The standard InChI is InChI=1S/C18H19F2N3O3.ClH/c1-26-18(25)13-8-12(23-6-5-21-10-15(13)23)9-22-16(24)7-11-3-2-4-14(19)17(11)20;/h2-4,8,21H,5-7,9-10H2,1H3,(H,22,24);1H. The topological polar surface area (TPSA) is 72.4 Å². The van der Waals surface area contributed by atoms with Crippen LogP contribution in [-0.2, 0) is 35.6 Å². The number of aromatic nitrogens is 1. The number of benzene rings is 1. The highest BCUT2D eigenvalue weighted by molar-refractivity contribution is 5.91. The van der Waals surface area contributed by atoms with Crippen molar-refractivity contribution in [3.63, 3.8) is 0 Å². The van der Waals surface area contributed by atoms with Crippen LogP contribution in [-0.4, -0.2) is 30.1 Å². The van der Waals surface area contributed by atoms with Crippen LogP contribution in [0.5, 0.6) is 0 Å². The van der Waals surface area contributed by atoms with Gasteiger partial charge in [-0.15, -0.1) is 12.4 Å². The Morgan fingerprint density at radius 1 is 1.33 bits per heavy atom. The average Bonchev–Trinajstić information content (AvgIpc) is 3.02. The number of fused-ring (bicyclic) bond motifs is 1. The average molecular weight is 400 g/mol. The molecule has 1 aliphatic heterocycles. The number of amides is 1. The zero-order valence-electron chi connectivity index (χ0n) is 14.7. The number of hydrogen-bond donors (Lipinski definition) is 2. The predicted molar refractivity (Wildman–Crippen MR) is 96.6 cm³/mol. The Morgan fingerprint density at radius 3 is 2.85 bits per heavy atom. The molecule has 0 atom stereocenters. The molecule has 2 aromatic rings. The molecule has 146 valence electrons. The number of rotatable bonds is 5. The molecule has 0 saturated carbocycles. The van der Waals surface area contributed by atoms with Gasteiger partial charge in [0, 0.05) is 36.6 Å². The summed E-state index contributed by atoms with van der Waals surface area (Å²) in [5.41, 5.74) is 2.03. The number of hydrogen-bond acceptors (Lipinski definition) is 4. The number of methoxy groups -OCH3 is 1. The smallest absolute Gasteiger partial charge is 0.339 e. The van der Waals surface area contributed by atoms with Gasteiger partial charge in [0.2, 0.25) is 5.91 Å². The molecule has 1 aliphatic rings. The molecule has 0 bridgehead atoms. The maximum atomic E-state index is 13.7. The number of carbonyl (C=O) groups is 2. The predicted octanol–water partition coefficient (Wildman–Crippen LogP) is 1.94. The van der Waals surface area contributed by atoms with Crippen molar-refractivity contribution in [2.24, 2.45) is 0 Å². The van der Waals surface area contributed by atoms with Crippen LogP contribution >= 0.6 is 12.4 Å². The number of nitrogens with one attached hydrogen (secondary N) is 2. The molecule has 6 nitrogen and oxygen atoms in total. The number of esters is 1. The summed E-state index contributed by atoms with van der Waals surface area (Å²) in [4.78, 5) is 24.0. The minimum absolute atomic E-state index is 0. The van der Waals surface area contributed by atoms with Crippen LogP contribution in [0.1, 0.15) is 27.3 Å². The van der Waals surface area contributed by atoms with E-state index in [4.69, 9.17) is 4.74 Å². The lowest BCUT2D eigenvalue weighted by Crippen LogP contribution is -2.31. The van der Waals surface area contributed by atoms with Crippen LogP contribution in [0.2, 0.25) is 0 Å². The van der Waals surface area contributed by atoms with Crippen molar-refractivity contribution in [1.82, 2.24) is 15.2 Å². The van der Waals surface area contributed by atoms with Crippen LogP contribution in [0.15, 0.2) is 24.3 Å². The van der Waals surface area contributed by atoms with Gasteiger partial charge < -0.3 is 19.9 Å². The molecule has 1 amide bonds. The molecule has 0 spiro atoms. The van der Waals surface area contributed by atoms with E-state index in [0.29, 0.717) is 18.7 Å². The molecule has 1 aromatic carbocycles. The normalized spacial score (nSPS) is 12.7. The second-order valence-corrected chi connectivity index (χ2v) is 5.98. The fraction of sp³-hybridized carbons (Fsp3) is 0.333. The van der Waals surface area contributed by atoms with E-state index in [9.17, 15) is 18.4 Å². The number of ether oxygens (including phenoxy) is 1. The second-order valence-electron chi connectivity index (χ2n) is 5.98. The Labute approximate surface area is 161 Å². The summed E-state index contributed by atoms with van der Waals surface area (Å²) >= 11 is 0. The molecule has 27 heavy (non-hydrogen) atoms. The van der Waals surface area contributed by atoms with E-state index in [0.717, 1.165) is 24.0 Å². The lowest BCUT2D eigenvalue weighted by atomic mass is 10.1. The summed E-state index contributed by atoms with van der Waals surface area (Å²) < 4.78 is 33.6. The minimum Gasteiger partial charge on any atom is -0.465 e.